The lowest BCUT2D eigenvalue weighted by molar-refractivity contribution is -0.215. The zero-order valence-corrected chi connectivity index (χ0v) is 16.0. The Morgan fingerprint density at radius 1 is 1.06 bits per heavy atom. The molecule has 0 spiro atoms. The summed E-state index contributed by atoms with van der Waals surface area (Å²) in [4.78, 5) is 0.632. The van der Waals surface area contributed by atoms with Crippen LogP contribution in [0.3, 0.4) is 0 Å². The number of rotatable bonds is 4. The van der Waals surface area contributed by atoms with Crippen molar-refractivity contribution in [1.29, 1.82) is 10.5 Å². The van der Waals surface area contributed by atoms with Crippen LogP contribution in [0.5, 0.6) is 5.75 Å². The smallest absolute Gasteiger partial charge is 0.433 e. The minimum absolute atomic E-state index is 0.0909. The van der Waals surface area contributed by atoms with Crippen molar-refractivity contribution >= 4 is 11.4 Å². The summed E-state index contributed by atoms with van der Waals surface area (Å²) in [5, 5.41) is 17.7. The molecule has 1 fully saturated rings. The molecule has 2 N–H and O–H groups in total. The quantitative estimate of drug-likeness (QED) is 0.547. The molecule has 0 bridgehead atoms. The van der Waals surface area contributed by atoms with Crippen LogP contribution in [-0.4, -0.2) is 31.7 Å². The first-order valence-corrected chi connectivity index (χ1v) is 8.96. The zero-order valence-electron chi connectivity index (χ0n) is 16.0. The van der Waals surface area contributed by atoms with Crippen LogP contribution >= 0.6 is 0 Å². The lowest BCUT2D eigenvalue weighted by Gasteiger charge is -2.27. The van der Waals surface area contributed by atoms with Crippen molar-refractivity contribution in [2.75, 3.05) is 23.8 Å². The molecule has 2 aromatic rings. The molecule has 0 saturated carbocycles. The predicted octanol–water partition coefficient (Wildman–Crippen LogP) is 4.20. The van der Waals surface area contributed by atoms with E-state index in [0.717, 1.165) is 12.1 Å². The van der Waals surface area contributed by atoms with Gasteiger partial charge in [-0.1, -0.05) is 0 Å². The van der Waals surface area contributed by atoms with Gasteiger partial charge in [-0.25, -0.2) is 0 Å². The van der Waals surface area contributed by atoms with Crippen molar-refractivity contribution in [2.24, 2.45) is 0 Å². The minimum atomic E-state index is -4.93. The molecule has 2 atom stereocenters. The molecule has 0 aromatic heterocycles. The summed E-state index contributed by atoms with van der Waals surface area (Å²) in [5.41, 5.74) is 3.64. The van der Waals surface area contributed by atoms with Crippen LogP contribution in [0.15, 0.2) is 36.4 Å². The lowest BCUT2D eigenvalue weighted by Crippen LogP contribution is -2.42. The van der Waals surface area contributed by atoms with Gasteiger partial charge in [-0.05, 0) is 36.4 Å². The molecule has 0 aliphatic carbocycles. The number of nitrogens with two attached hydrogens (primary N) is 1. The molecule has 1 aliphatic heterocycles. The minimum Gasteiger partial charge on any atom is -0.489 e. The number of nitriles is 2. The molecule has 0 amide bonds. The second-order valence-electron chi connectivity index (χ2n) is 6.82. The predicted molar refractivity (Wildman–Crippen MR) is 99.3 cm³/mol. The van der Waals surface area contributed by atoms with Crippen LogP contribution in [0.4, 0.5) is 37.7 Å². The fourth-order valence-corrected chi connectivity index (χ4v) is 3.18. The van der Waals surface area contributed by atoms with Gasteiger partial charge < -0.3 is 20.1 Å². The molecule has 32 heavy (non-hydrogen) atoms. The van der Waals surface area contributed by atoms with Gasteiger partial charge in [0.05, 0.1) is 41.1 Å². The molecular formula is C20H14F6N4O2. The molecular weight excluding hydrogens is 442 g/mol. The summed E-state index contributed by atoms with van der Waals surface area (Å²) in [5.74, 6) is 0.118. The van der Waals surface area contributed by atoms with Crippen molar-refractivity contribution in [3.05, 3.63) is 53.1 Å². The van der Waals surface area contributed by atoms with E-state index in [1.165, 1.54) is 24.3 Å². The Labute approximate surface area is 178 Å². The number of hydrogen-bond donors (Lipinski definition) is 1. The molecule has 12 heteroatoms. The van der Waals surface area contributed by atoms with E-state index in [1.54, 1.807) is 0 Å². The highest BCUT2D eigenvalue weighted by molar-refractivity contribution is 5.57. The Bertz CT molecular complexity index is 1090. The number of hydrogen-bond acceptors (Lipinski definition) is 6. The monoisotopic (exact) mass is 456 g/mol. The summed E-state index contributed by atoms with van der Waals surface area (Å²) in [6.07, 6.45) is -13.5. The molecule has 6 nitrogen and oxygen atoms in total. The van der Waals surface area contributed by atoms with Crippen LogP contribution in [0.25, 0.3) is 0 Å². The molecule has 1 saturated heterocycles. The molecule has 1 heterocycles. The van der Waals surface area contributed by atoms with E-state index in [1.807, 2.05) is 6.07 Å². The number of alkyl halides is 6. The standard InChI is InChI=1S/C20H14F6N4O2/c21-19(22,23)15-6-13(3-2-12(15)8-28)30-9-14(32-18(30)20(24,25)26)10-31-17-4-1-11(7-27)5-16(17)29/h1-6,14,18H,9-10,29H2/t14-,18+/m0/s1. The van der Waals surface area contributed by atoms with Gasteiger partial charge >= 0.3 is 12.4 Å². The number of benzene rings is 2. The highest BCUT2D eigenvalue weighted by Gasteiger charge is 2.51. The maximum absolute atomic E-state index is 13.5. The SMILES string of the molecule is N#Cc1ccc(OC[C@@H]2CN(c3ccc(C#N)c(C(F)(F)F)c3)[C@@H](C(F)(F)F)O2)c(N)c1. The summed E-state index contributed by atoms with van der Waals surface area (Å²) in [6, 6.07) is 9.65. The average Bonchev–Trinajstić information content (AvgIpc) is 3.16. The Hall–Kier alpha value is -3.64. The Kier molecular flexibility index (Phi) is 6.10. The van der Waals surface area contributed by atoms with E-state index in [0.29, 0.717) is 11.0 Å². The largest absolute Gasteiger partial charge is 0.489 e. The van der Waals surface area contributed by atoms with Gasteiger partial charge in [-0.15, -0.1) is 0 Å². The van der Waals surface area contributed by atoms with E-state index < -0.39 is 48.0 Å². The fraction of sp³-hybridized carbons (Fsp3) is 0.300. The molecule has 2 aromatic carbocycles. The van der Waals surface area contributed by atoms with Gasteiger partial charge in [0.1, 0.15) is 18.5 Å². The maximum Gasteiger partial charge on any atom is 0.433 e. The summed E-state index contributed by atoms with van der Waals surface area (Å²) in [6.45, 7) is -0.800. The molecule has 168 valence electrons. The topological polar surface area (TPSA) is 95.3 Å². The fourth-order valence-electron chi connectivity index (χ4n) is 3.18. The summed E-state index contributed by atoms with van der Waals surface area (Å²) in [7, 11) is 0. The number of anilines is 2. The normalized spacial score (nSPS) is 18.8. The highest BCUT2D eigenvalue weighted by atomic mass is 19.4. The van der Waals surface area contributed by atoms with Gasteiger partial charge in [0.15, 0.2) is 0 Å². The number of halogens is 6. The van der Waals surface area contributed by atoms with Gasteiger partial charge in [-0.2, -0.15) is 36.9 Å². The highest BCUT2D eigenvalue weighted by Crippen LogP contribution is 2.39. The van der Waals surface area contributed by atoms with Crippen molar-refractivity contribution < 1.29 is 35.8 Å². The molecule has 0 unspecified atom stereocenters. The van der Waals surface area contributed by atoms with Crippen LogP contribution in [0.2, 0.25) is 0 Å². The van der Waals surface area contributed by atoms with Crippen molar-refractivity contribution in [2.45, 2.75) is 24.7 Å². The Morgan fingerprint density at radius 3 is 2.34 bits per heavy atom. The Morgan fingerprint density at radius 2 is 1.78 bits per heavy atom. The summed E-state index contributed by atoms with van der Waals surface area (Å²) >= 11 is 0. The second kappa shape index (κ2) is 8.48. The summed E-state index contributed by atoms with van der Waals surface area (Å²) < 4.78 is 90.7. The lowest BCUT2D eigenvalue weighted by atomic mass is 10.1. The maximum atomic E-state index is 13.5. The molecule has 0 radical (unpaired) electrons. The van der Waals surface area contributed by atoms with Crippen LogP contribution < -0.4 is 15.4 Å². The van der Waals surface area contributed by atoms with Gasteiger partial charge in [0, 0.05) is 5.69 Å². The van der Waals surface area contributed by atoms with E-state index in [2.05, 4.69) is 0 Å². The first kappa shape index (κ1) is 23.0. The zero-order chi connectivity index (χ0) is 23.7. The number of nitrogens with zero attached hydrogens (tertiary/aromatic N) is 3. The van der Waals surface area contributed by atoms with Gasteiger partial charge in [-0.3, -0.25) is 0 Å². The van der Waals surface area contributed by atoms with Crippen LogP contribution in [0.1, 0.15) is 16.7 Å². The first-order valence-electron chi connectivity index (χ1n) is 8.96. The third-order valence-corrected chi connectivity index (χ3v) is 4.61. The number of nitrogen functional groups attached to an aromatic ring is 1. The van der Waals surface area contributed by atoms with Gasteiger partial charge in [0.2, 0.25) is 6.23 Å². The molecule has 3 rings (SSSR count). The third-order valence-electron chi connectivity index (χ3n) is 4.61. The van der Waals surface area contributed by atoms with Crippen molar-refractivity contribution in [1.82, 2.24) is 0 Å². The molecule has 1 aliphatic rings. The average molecular weight is 456 g/mol. The van der Waals surface area contributed by atoms with E-state index >= 15 is 0 Å². The van der Waals surface area contributed by atoms with Crippen LogP contribution in [-0.2, 0) is 10.9 Å². The second-order valence-corrected chi connectivity index (χ2v) is 6.82. The van der Waals surface area contributed by atoms with Gasteiger partial charge in [0.25, 0.3) is 0 Å². The first-order chi connectivity index (χ1) is 14.9. The van der Waals surface area contributed by atoms with E-state index in [9.17, 15) is 26.3 Å². The number of ether oxygens (including phenoxy) is 2. The van der Waals surface area contributed by atoms with E-state index in [-0.39, 0.29) is 23.6 Å². The van der Waals surface area contributed by atoms with Crippen molar-refractivity contribution in [3.8, 4) is 17.9 Å². The van der Waals surface area contributed by atoms with Crippen LogP contribution in [0, 0.1) is 22.7 Å². The third kappa shape index (κ3) is 4.81. The van der Waals surface area contributed by atoms with Crippen molar-refractivity contribution in [3.63, 3.8) is 0 Å². The van der Waals surface area contributed by atoms with E-state index in [4.69, 9.17) is 25.7 Å². The Balaban J connectivity index is 1.84.